The highest BCUT2D eigenvalue weighted by Crippen LogP contribution is 2.18. The fourth-order valence-corrected chi connectivity index (χ4v) is 2.25. The molecule has 1 aliphatic rings. The van der Waals surface area contributed by atoms with Gasteiger partial charge in [0.15, 0.2) is 5.96 Å². The van der Waals surface area contributed by atoms with Crippen molar-refractivity contribution in [1.29, 1.82) is 0 Å². The van der Waals surface area contributed by atoms with Crippen molar-refractivity contribution in [2.45, 2.75) is 19.9 Å². The van der Waals surface area contributed by atoms with Gasteiger partial charge in [0.2, 0.25) is 0 Å². The molecule has 1 N–H and O–H groups in total. The largest absolute Gasteiger partial charge is 0.356 e. The predicted octanol–water partition coefficient (Wildman–Crippen LogP) is 2.81. The molecule has 1 aromatic rings. The van der Waals surface area contributed by atoms with Crippen molar-refractivity contribution in [1.82, 2.24) is 10.2 Å². The number of fused-ring (bicyclic) bond motifs is 1. The van der Waals surface area contributed by atoms with Crippen molar-refractivity contribution in [2.75, 3.05) is 19.6 Å². The molecule has 0 aliphatic carbocycles. The Kier molecular flexibility index (Phi) is 6.91. The molecule has 0 radical (unpaired) electrons. The van der Waals surface area contributed by atoms with Crippen molar-refractivity contribution in [3.05, 3.63) is 48.0 Å². The summed E-state index contributed by atoms with van der Waals surface area (Å²) in [7, 11) is 0. The summed E-state index contributed by atoms with van der Waals surface area (Å²) in [6.07, 6.45) is 2.92. The molecule has 19 heavy (non-hydrogen) atoms. The molecule has 1 aromatic carbocycles. The Hall–Kier alpha value is -1.04. The van der Waals surface area contributed by atoms with E-state index in [1.54, 1.807) is 0 Å². The first-order valence-corrected chi connectivity index (χ1v) is 6.56. The molecule has 4 heteroatoms. The Morgan fingerprint density at radius 1 is 1.42 bits per heavy atom. The van der Waals surface area contributed by atoms with Crippen LogP contribution < -0.4 is 5.32 Å². The lowest BCUT2D eigenvalue weighted by molar-refractivity contribution is 0.379. The third-order valence-corrected chi connectivity index (χ3v) is 3.14. The quantitative estimate of drug-likeness (QED) is 0.383. The Balaban J connectivity index is 0.00000180. The minimum absolute atomic E-state index is 0. The highest BCUT2D eigenvalue weighted by atomic mass is 127. The van der Waals surface area contributed by atoms with Gasteiger partial charge < -0.3 is 10.2 Å². The summed E-state index contributed by atoms with van der Waals surface area (Å²) in [5.74, 6) is 0.993. The van der Waals surface area contributed by atoms with E-state index < -0.39 is 0 Å². The van der Waals surface area contributed by atoms with Crippen LogP contribution in [0.25, 0.3) is 0 Å². The summed E-state index contributed by atoms with van der Waals surface area (Å²) in [4.78, 5) is 6.86. The van der Waals surface area contributed by atoms with Crippen LogP contribution in [0, 0.1) is 0 Å². The average Bonchev–Trinajstić information content (AvgIpc) is 2.43. The van der Waals surface area contributed by atoms with Gasteiger partial charge >= 0.3 is 0 Å². The second-order valence-corrected chi connectivity index (χ2v) is 4.42. The molecule has 0 amide bonds. The van der Waals surface area contributed by atoms with Gasteiger partial charge in [-0.05, 0) is 24.5 Å². The van der Waals surface area contributed by atoms with Crippen LogP contribution in [0.4, 0.5) is 0 Å². The SMILES string of the molecule is C=CCN=C(NCC)N1CCc2ccccc2C1.I. The van der Waals surface area contributed by atoms with Crippen LogP contribution in [0.15, 0.2) is 41.9 Å². The molecule has 1 aliphatic heterocycles. The van der Waals surface area contributed by atoms with Gasteiger partial charge in [-0.25, -0.2) is 4.99 Å². The van der Waals surface area contributed by atoms with E-state index in [9.17, 15) is 0 Å². The molecular weight excluding hydrogens is 349 g/mol. The Labute approximate surface area is 132 Å². The fourth-order valence-electron chi connectivity index (χ4n) is 2.25. The number of benzene rings is 1. The maximum absolute atomic E-state index is 4.54. The molecular formula is C15H22IN3. The zero-order valence-corrected chi connectivity index (χ0v) is 13.8. The zero-order chi connectivity index (χ0) is 12.8. The van der Waals surface area contributed by atoms with Crippen LogP contribution >= 0.6 is 24.0 Å². The van der Waals surface area contributed by atoms with Gasteiger partial charge in [0.25, 0.3) is 0 Å². The van der Waals surface area contributed by atoms with Crippen molar-refractivity contribution >= 4 is 29.9 Å². The maximum atomic E-state index is 4.54. The molecule has 0 unspecified atom stereocenters. The van der Waals surface area contributed by atoms with Gasteiger partial charge in [-0.15, -0.1) is 30.6 Å². The number of nitrogens with one attached hydrogen (secondary N) is 1. The highest BCUT2D eigenvalue weighted by molar-refractivity contribution is 14.0. The number of hydrogen-bond donors (Lipinski definition) is 1. The van der Waals surface area contributed by atoms with Gasteiger partial charge in [-0.3, -0.25) is 0 Å². The minimum Gasteiger partial charge on any atom is -0.356 e. The van der Waals surface area contributed by atoms with Gasteiger partial charge in [-0.2, -0.15) is 0 Å². The summed E-state index contributed by atoms with van der Waals surface area (Å²) >= 11 is 0. The monoisotopic (exact) mass is 371 g/mol. The number of rotatable bonds is 3. The number of aliphatic imine (C=N–C) groups is 1. The van der Waals surface area contributed by atoms with Crippen LogP contribution in [-0.2, 0) is 13.0 Å². The van der Waals surface area contributed by atoms with Crippen LogP contribution in [0.2, 0.25) is 0 Å². The smallest absolute Gasteiger partial charge is 0.194 e. The predicted molar refractivity (Wildman–Crippen MR) is 92.1 cm³/mol. The molecule has 0 saturated heterocycles. The van der Waals surface area contributed by atoms with E-state index in [4.69, 9.17) is 0 Å². The third kappa shape index (κ3) is 4.23. The molecule has 3 nitrogen and oxygen atoms in total. The summed E-state index contributed by atoms with van der Waals surface area (Å²) in [5, 5.41) is 3.35. The van der Waals surface area contributed by atoms with E-state index in [0.717, 1.165) is 32.0 Å². The molecule has 0 aromatic heterocycles. The number of guanidine groups is 1. The Morgan fingerprint density at radius 2 is 2.16 bits per heavy atom. The first kappa shape index (κ1) is 16.0. The van der Waals surface area contributed by atoms with E-state index in [-0.39, 0.29) is 24.0 Å². The molecule has 0 saturated carbocycles. The molecule has 104 valence electrons. The summed E-state index contributed by atoms with van der Waals surface area (Å²) in [5.41, 5.74) is 2.88. The first-order valence-electron chi connectivity index (χ1n) is 6.56. The minimum atomic E-state index is 0. The van der Waals surface area contributed by atoms with E-state index in [1.165, 1.54) is 11.1 Å². The van der Waals surface area contributed by atoms with E-state index in [2.05, 4.69) is 53.0 Å². The third-order valence-electron chi connectivity index (χ3n) is 3.14. The second kappa shape index (κ2) is 8.19. The van der Waals surface area contributed by atoms with Crippen molar-refractivity contribution < 1.29 is 0 Å². The van der Waals surface area contributed by atoms with Gasteiger partial charge in [-0.1, -0.05) is 30.3 Å². The Bertz CT molecular complexity index is 443. The molecule has 1 heterocycles. The highest BCUT2D eigenvalue weighted by Gasteiger charge is 2.18. The topological polar surface area (TPSA) is 27.6 Å². The zero-order valence-electron chi connectivity index (χ0n) is 11.4. The second-order valence-electron chi connectivity index (χ2n) is 4.42. The lowest BCUT2D eigenvalue weighted by Crippen LogP contribution is -2.44. The average molecular weight is 371 g/mol. The van der Waals surface area contributed by atoms with Gasteiger partial charge in [0.1, 0.15) is 0 Å². The van der Waals surface area contributed by atoms with Crippen LogP contribution in [0.5, 0.6) is 0 Å². The van der Waals surface area contributed by atoms with E-state index >= 15 is 0 Å². The Morgan fingerprint density at radius 3 is 2.84 bits per heavy atom. The fraction of sp³-hybridized carbons (Fsp3) is 0.400. The van der Waals surface area contributed by atoms with E-state index in [1.807, 2.05) is 6.08 Å². The lowest BCUT2D eigenvalue weighted by atomic mass is 10.0. The van der Waals surface area contributed by atoms with Crippen molar-refractivity contribution in [3.63, 3.8) is 0 Å². The van der Waals surface area contributed by atoms with Gasteiger partial charge in [0, 0.05) is 19.6 Å². The van der Waals surface area contributed by atoms with Crippen LogP contribution in [0.3, 0.4) is 0 Å². The van der Waals surface area contributed by atoms with Crippen molar-refractivity contribution in [3.8, 4) is 0 Å². The summed E-state index contributed by atoms with van der Waals surface area (Å²) in [6.45, 7) is 9.35. The molecule has 0 fully saturated rings. The molecule has 2 rings (SSSR count). The van der Waals surface area contributed by atoms with Crippen LogP contribution in [-0.4, -0.2) is 30.5 Å². The number of hydrogen-bond acceptors (Lipinski definition) is 1. The number of nitrogens with zero attached hydrogens (tertiary/aromatic N) is 2. The van der Waals surface area contributed by atoms with Crippen LogP contribution in [0.1, 0.15) is 18.1 Å². The summed E-state index contributed by atoms with van der Waals surface area (Å²) < 4.78 is 0. The maximum Gasteiger partial charge on any atom is 0.194 e. The van der Waals surface area contributed by atoms with Gasteiger partial charge in [0.05, 0.1) is 6.54 Å². The lowest BCUT2D eigenvalue weighted by Gasteiger charge is -2.31. The molecule has 0 spiro atoms. The first-order chi connectivity index (χ1) is 8.85. The number of halogens is 1. The standard InChI is InChI=1S/C15H21N3.HI/c1-3-10-17-15(16-4-2)18-11-9-13-7-5-6-8-14(13)12-18;/h3,5-8H,1,4,9-12H2,2H3,(H,16,17);1H. The summed E-state index contributed by atoms with van der Waals surface area (Å²) in [6, 6.07) is 8.65. The molecule has 0 bridgehead atoms. The van der Waals surface area contributed by atoms with Crippen molar-refractivity contribution in [2.24, 2.45) is 4.99 Å². The molecule has 0 atom stereocenters. The normalized spacial score (nSPS) is 14.4. The van der Waals surface area contributed by atoms with E-state index in [0.29, 0.717) is 6.54 Å².